The maximum atomic E-state index is 12.5. The Balaban J connectivity index is 1.97. The van der Waals surface area contributed by atoms with Gasteiger partial charge in [-0.3, -0.25) is 9.69 Å². The zero-order valence-electron chi connectivity index (χ0n) is 15.2. The minimum Gasteiger partial charge on any atom is -0.494 e. The lowest BCUT2D eigenvalue weighted by Crippen LogP contribution is -2.39. The molecule has 0 unspecified atom stereocenters. The van der Waals surface area contributed by atoms with E-state index in [0.29, 0.717) is 18.2 Å². The molecule has 5 heteroatoms. The van der Waals surface area contributed by atoms with Crippen molar-refractivity contribution < 1.29 is 9.53 Å². The molecule has 0 bridgehead atoms. The molecule has 0 heterocycles. The highest BCUT2D eigenvalue weighted by molar-refractivity contribution is 6.31. The summed E-state index contributed by atoms with van der Waals surface area (Å²) in [5, 5.41) is 3.57. The molecule has 2 rings (SSSR count). The molecule has 2 aromatic carbocycles. The van der Waals surface area contributed by atoms with Crippen LogP contribution in [-0.4, -0.2) is 30.5 Å². The summed E-state index contributed by atoms with van der Waals surface area (Å²) in [4.78, 5) is 14.5. The number of carbonyl (C=O) groups excluding carboxylic acids is 1. The van der Waals surface area contributed by atoms with E-state index >= 15 is 0 Å². The molecule has 0 radical (unpaired) electrons. The van der Waals surface area contributed by atoms with E-state index in [-0.39, 0.29) is 11.9 Å². The van der Waals surface area contributed by atoms with Crippen LogP contribution in [0.2, 0.25) is 5.02 Å². The van der Waals surface area contributed by atoms with Crippen molar-refractivity contribution in [3.8, 4) is 5.75 Å². The number of likely N-dealkylation sites (N-methyl/N-ethyl adjacent to an activating group) is 1. The zero-order chi connectivity index (χ0) is 18.4. The molecule has 0 fully saturated rings. The van der Waals surface area contributed by atoms with Crippen LogP contribution in [0.15, 0.2) is 42.5 Å². The van der Waals surface area contributed by atoms with Gasteiger partial charge in [-0.25, -0.2) is 0 Å². The Hall–Kier alpha value is -2.04. The van der Waals surface area contributed by atoms with Crippen LogP contribution in [0.1, 0.15) is 25.0 Å². The number of nitrogens with zero attached hydrogens (tertiary/aromatic N) is 1. The lowest BCUT2D eigenvalue weighted by atomic mass is 10.1. The Labute approximate surface area is 154 Å². The standard InChI is InChI=1S/C20H25ClN2O2/c1-5-25-18-10-7-16(8-11-18)13-23(4)15(3)20(24)22-19-12-17(21)9-6-14(19)2/h6-12,15H,5,13H2,1-4H3,(H,22,24)/t15-/m1/s1. The first-order chi connectivity index (χ1) is 11.9. The Kier molecular flexibility index (Phi) is 6.85. The maximum absolute atomic E-state index is 12.5. The third-order valence-corrected chi connectivity index (χ3v) is 4.40. The van der Waals surface area contributed by atoms with Crippen molar-refractivity contribution in [2.24, 2.45) is 0 Å². The molecule has 1 N–H and O–H groups in total. The molecule has 0 aromatic heterocycles. The lowest BCUT2D eigenvalue weighted by molar-refractivity contribution is -0.120. The highest BCUT2D eigenvalue weighted by atomic mass is 35.5. The second-order valence-corrected chi connectivity index (χ2v) is 6.55. The lowest BCUT2D eigenvalue weighted by Gasteiger charge is -2.24. The molecule has 1 amide bonds. The molecule has 4 nitrogen and oxygen atoms in total. The first kappa shape index (κ1) is 19.3. The van der Waals surface area contributed by atoms with E-state index in [1.54, 1.807) is 6.07 Å². The molecule has 0 saturated heterocycles. The second-order valence-electron chi connectivity index (χ2n) is 6.12. The van der Waals surface area contributed by atoms with Crippen molar-refractivity contribution in [2.45, 2.75) is 33.4 Å². The monoisotopic (exact) mass is 360 g/mol. The first-order valence-electron chi connectivity index (χ1n) is 8.39. The number of nitrogens with one attached hydrogen (secondary N) is 1. The summed E-state index contributed by atoms with van der Waals surface area (Å²) in [5.41, 5.74) is 2.86. The Bertz CT molecular complexity index is 716. The van der Waals surface area contributed by atoms with Gasteiger partial charge in [-0.1, -0.05) is 29.8 Å². The van der Waals surface area contributed by atoms with Gasteiger partial charge in [-0.05, 0) is 63.2 Å². The fraction of sp³-hybridized carbons (Fsp3) is 0.350. The summed E-state index contributed by atoms with van der Waals surface area (Å²) in [7, 11) is 1.94. The Morgan fingerprint density at radius 2 is 1.92 bits per heavy atom. The summed E-state index contributed by atoms with van der Waals surface area (Å²) in [5.74, 6) is 0.801. The van der Waals surface area contributed by atoms with Crippen LogP contribution < -0.4 is 10.1 Å². The molecule has 0 saturated carbocycles. The summed E-state index contributed by atoms with van der Waals surface area (Å²) >= 11 is 6.01. The van der Waals surface area contributed by atoms with Gasteiger partial charge in [-0.15, -0.1) is 0 Å². The average molecular weight is 361 g/mol. The van der Waals surface area contributed by atoms with Crippen molar-refractivity contribution >= 4 is 23.2 Å². The normalized spacial score (nSPS) is 12.1. The van der Waals surface area contributed by atoms with E-state index in [1.807, 2.05) is 69.1 Å². The molecule has 0 spiro atoms. The largest absolute Gasteiger partial charge is 0.494 e. The van der Waals surface area contributed by atoms with Gasteiger partial charge in [-0.2, -0.15) is 0 Å². The third kappa shape index (κ3) is 5.48. The molecule has 2 aromatic rings. The van der Waals surface area contributed by atoms with Gasteiger partial charge in [0.1, 0.15) is 5.75 Å². The van der Waals surface area contributed by atoms with Crippen LogP contribution in [0.5, 0.6) is 5.75 Å². The molecule has 0 aliphatic heterocycles. The Morgan fingerprint density at radius 1 is 1.24 bits per heavy atom. The van der Waals surface area contributed by atoms with Gasteiger partial charge >= 0.3 is 0 Å². The van der Waals surface area contributed by atoms with Gasteiger partial charge in [0, 0.05) is 17.3 Å². The molecule has 0 aliphatic carbocycles. The topological polar surface area (TPSA) is 41.6 Å². The van der Waals surface area contributed by atoms with E-state index in [1.165, 1.54) is 0 Å². The van der Waals surface area contributed by atoms with Crippen LogP contribution in [-0.2, 0) is 11.3 Å². The van der Waals surface area contributed by atoms with Crippen molar-refractivity contribution in [1.82, 2.24) is 4.90 Å². The van der Waals surface area contributed by atoms with E-state index in [4.69, 9.17) is 16.3 Å². The summed E-state index contributed by atoms with van der Waals surface area (Å²) in [6, 6.07) is 13.2. The zero-order valence-corrected chi connectivity index (χ0v) is 15.9. The number of anilines is 1. The summed E-state index contributed by atoms with van der Waals surface area (Å²) < 4.78 is 5.45. The maximum Gasteiger partial charge on any atom is 0.241 e. The van der Waals surface area contributed by atoms with Crippen molar-refractivity contribution in [3.05, 3.63) is 58.6 Å². The number of rotatable bonds is 7. The van der Waals surface area contributed by atoms with Crippen LogP contribution in [0.25, 0.3) is 0 Å². The fourth-order valence-electron chi connectivity index (χ4n) is 2.45. The number of halogens is 1. The van der Waals surface area contributed by atoms with E-state index in [9.17, 15) is 4.79 Å². The number of hydrogen-bond donors (Lipinski definition) is 1. The SMILES string of the molecule is CCOc1ccc(CN(C)[C@H](C)C(=O)Nc2cc(Cl)ccc2C)cc1. The number of carbonyl (C=O) groups is 1. The Morgan fingerprint density at radius 3 is 2.56 bits per heavy atom. The van der Waals surface area contributed by atoms with Gasteiger partial charge in [0.25, 0.3) is 0 Å². The minimum atomic E-state index is -0.273. The van der Waals surface area contributed by atoms with Gasteiger partial charge < -0.3 is 10.1 Å². The van der Waals surface area contributed by atoms with Crippen LogP contribution >= 0.6 is 11.6 Å². The predicted octanol–water partition coefficient (Wildman–Crippen LogP) is 4.51. The smallest absolute Gasteiger partial charge is 0.241 e. The molecule has 1 atom stereocenters. The van der Waals surface area contributed by atoms with Gasteiger partial charge in [0.15, 0.2) is 0 Å². The average Bonchev–Trinajstić information content (AvgIpc) is 2.59. The number of ether oxygens (including phenoxy) is 1. The predicted molar refractivity (Wildman–Crippen MR) is 103 cm³/mol. The second kappa shape index (κ2) is 8.88. The minimum absolute atomic E-state index is 0.0567. The summed E-state index contributed by atoms with van der Waals surface area (Å²) in [6.07, 6.45) is 0. The van der Waals surface area contributed by atoms with Crippen molar-refractivity contribution in [1.29, 1.82) is 0 Å². The number of aryl methyl sites for hydroxylation is 1. The molecule has 134 valence electrons. The highest BCUT2D eigenvalue weighted by Crippen LogP contribution is 2.21. The number of benzene rings is 2. The van der Waals surface area contributed by atoms with Crippen molar-refractivity contribution in [2.75, 3.05) is 19.0 Å². The third-order valence-electron chi connectivity index (χ3n) is 4.16. The van der Waals surface area contributed by atoms with Gasteiger partial charge in [0.2, 0.25) is 5.91 Å². The molecular formula is C20H25ClN2O2. The van der Waals surface area contributed by atoms with Crippen LogP contribution in [0, 0.1) is 6.92 Å². The van der Waals surface area contributed by atoms with E-state index in [2.05, 4.69) is 5.32 Å². The molecule has 0 aliphatic rings. The van der Waals surface area contributed by atoms with Gasteiger partial charge in [0.05, 0.1) is 12.6 Å². The van der Waals surface area contributed by atoms with Crippen molar-refractivity contribution in [3.63, 3.8) is 0 Å². The molecular weight excluding hydrogens is 336 g/mol. The number of amides is 1. The first-order valence-corrected chi connectivity index (χ1v) is 8.77. The van der Waals surface area contributed by atoms with Crippen LogP contribution in [0.3, 0.4) is 0 Å². The quantitative estimate of drug-likeness (QED) is 0.790. The van der Waals surface area contributed by atoms with E-state index in [0.717, 1.165) is 22.6 Å². The molecule has 25 heavy (non-hydrogen) atoms. The highest BCUT2D eigenvalue weighted by Gasteiger charge is 2.19. The fourth-order valence-corrected chi connectivity index (χ4v) is 2.62. The number of hydrogen-bond acceptors (Lipinski definition) is 3. The summed E-state index contributed by atoms with van der Waals surface area (Å²) in [6.45, 7) is 7.13. The van der Waals surface area contributed by atoms with E-state index < -0.39 is 0 Å². The van der Waals surface area contributed by atoms with Crippen LogP contribution in [0.4, 0.5) is 5.69 Å².